The fraction of sp³-hybridized carbons (Fsp3) is 0.368. The van der Waals surface area contributed by atoms with Crippen LogP contribution in [0.5, 0.6) is 0 Å². The Morgan fingerprint density at radius 1 is 1.35 bits per heavy atom. The van der Waals surface area contributed by atoms with Crippen LogP contribution in [-0.2, 0) is 11.3 Å². The highest BCUT2D eigenvalue weighted by Gasteiger charge is 2.25. The summed E-state index contributed by atoms with van der Waals surface area (Å²) >= 11 is 11.6. The Labute approximate surface area is 163 Å². The topological polar surface area (TPSA) is 47.4 Å². The van der Waals surface area contributed by atoms with Gasteiger partial charge in [0.2, 0.25) is 6.41 Å². The van der Waals surface area contributed by atoms with Crippen LogP contribution in [0.25, 0.3) is 0 Å². The molecule has 1 saturated carbocycles. The van der Waals surface area contributed by atoms with Crippen LogP contribution in [0.2, 0.25) is 5.02 Å². The van der Waals surface area contributed by atoms with Crippen molar-refractivity contribution in [3.63, 3.8) is 0 Å². The van der Waals surface area contributed by atoms with Gasteiger partial charge in [-0.25, -0.2) is 4.39 Å². The standard InChI is InChI=1S/C19H22Cl2FN3O/c20-17(11-23)4-2-8-24(14-26)9-10-25(12-15-6-7-15)13-16-3-1-5-18(21)19(16)22/h1-5,8,11,14-15,23H,6-7,9-10,12-13H2/b8-2+,17-4+,23-11?. The second kappa shape index (κ2) is 10.5. The van der Waals surface area contributed by atoms with Crippen molar-refractivity contribution in [2.75, 3.05) is 19.6 Å². The van der Waals surface area contributed by atoms with Gasteiger partial charge in [0.15, 0.2) is 0 Å². The van der Waals surface area contributed by atoms with Crippen molar-refractivity contribution < 1.29 is 9.18 Å². The van der Waals surface area contributed by atoms with Crippen molar-refractivity contribution in [2.24, 2.45) is 5.92 Å². The highest BCUT2D eigenvalue weighted by atomic mass is 35.5. The number of halogens is 3. The molecule has 1 fully saturated rings. The predicted molar refractivity (Wildman–Crippen MR) is 104 cm³/mol. The lowest BCUT2D eigenvalue weighted by molar-refractivity contribution is -0.116. The Hall–Kier alpha value is -1.69. The van der Waals surface area contributed by atoms with Gasteiger partial charge in [-0.3, -0.25) is 9.69 Å². The molecule has 0 aliphatic heterocycles. The second-order valence-electron chi connectivity index (χ2n) is 6.27. The van der Waals surface area contributed by atoms with Crippen LogP contribution in [0.4, 0.5) is 4.39 Å². The molecule has 140 valence electrons. The molecule has 7 heteroatoms. The van der Waals surface area contributed by atoms with Crippen LogP contribution in [0, 0.1) is 17.1 Å². The van der Waals surface area contributed by atoms with Gasteiger partial charge in [-0.1, -0.05) is 35.3 Å². The Kier molecular flexibility index (Phi) is 8.29. The van der Waals surface area contributed by atoms with Crippen LogP contribution in [0.1, 0.15) is 18.4 Å². The SMILES string of the molecule is N=C/C(Cl)=C\C=C\N(C=O)CCN(Cc1cccc(Cl)c1F)CC1CC1. The smallest absolute Gasteiger partial charge is 0.213 e. The fourth-order valence-electron chi connectivity index (χ4n) is 2.52. The van der Waals surface area contributed by atoms with E-state index in [-0.39, 0.29) is 15.9 Å². The minimum atomic E-state index is -0.381. The number of hydrogen-bond donors (Lipinski definition) is 1. The number of carbonyl (C=O) groups is 1. The van der Waals surface area contributed by atoms with Gasteiger partial charge in [0, 0.05) is 44.2 Å². The van der Waals surface area contributed by atoms with Crippen LogP contribution in [0.15, 0.2) is 41.6 Å². The van der Waals surface area contributed by atoms with E-state index in [1.807, 2.05) is 0 Å². The van der Waals surface area contributed by atoms with Gasteiger partial charge in [0.25, 0.3) is 0 Å². The van der Waals surface area contributed by atoms with E-state index in [1.54, 1.807) is 24.4 Å². The maximum absolute atomic E-state index is 14.2. The van der Waals surface area contributed by atoms with Crippen LogP contribution in [-0.4, -0.2) is 42.1 Å². The summed E-state index contributed by atoms with van der Waals surface area (Å²) in [5, 5.41) is 7.40. The summed E-state index contributed by atoms with van der Waals surface area (Å²) in [4.78, 5) is 14.9. The quantitative estimate of drug-likeness (QED) is 0.341. The largest absolute Gasteiger partial charge is 0.320 e. The third-order valence-corrected chi connectivity index (χ3v) is 4.65. The lowest BCUT2D eigenvalue weighted by Crippen LogP contribution is -2.33. The first-order chi connectivity index (χ1) is 12.5. The molecule has 0 unspecified atom stereocenters. The zero-order valence-electron chi connectivity index (χ0n) is 14.4. The maximum Gasteiger partial charge on any atom is 0.213 e. The summed E-state index contributed by atoms with van der Waals surface area (Å²) in [5.74, 6) is 0.264. The fourth-order valence-corrected chi connectivity index (χ4v) is 2.79. The Bertz CT molecular complexity index is 689. The van der Waals surface area contributed by atoms with E-state index in [0.29, 0.717) is 31.1 Å². The molecule has 26 heavy (non-hydrogen) atoms. The highest BCUT2D eigenvalue weighted by Crippen LogP contribution is 2.30. The van der Waals surface area contributed by atoms with Crippen molar-refractivity contribution >= 4 is 35.8 Å². The molecule has 0 heterocycles. The summed E-state index contributed by atoms with van der Waals surface area (Å²) < 4.78 is 14.2. The zero-order chi connectivity index (χ0) is 18.9. The van der Waals surface area contributed by atoms with E-state index in [9.17, 15) is 9.18 Å². The monoisotopic (exact) mass is 397 g/mol. The molecule has 1 N–H and O–H groups in total. The summed E-state index contributed by atoms with van der Waals surface area (Å²) in [6.07, 6.45) is 8.90. The van der Waals surface area contributed by atoms with Gasteiger partial charge < -0.3 is 10.3 Å². The molecule has 0 radical (unpaired) electrons. The van der Waals surface area contributed by atoms with E-state index in [4.69, 9.17) is 28.6 Å². The molecule has 1 aliphatic carbocycles. The van der Waals surface area contributed by atoms with Gasteiger partial charge in [-0.05, 0) is 37.0 Å². The van der Waals surface area contributed by atoms with Gasteiger partial charge in [0.1, 0.15) is 5.82 Å². The first kappa shape index (κ1) is 20.6. The first-order valence-electron chi connectivity index (χ1n) is 8.44. The molecular formula is C19H22Cl2FN3O. The van der Waals surface area contributed by atoms with Gasteiger partial charge in [-0.15, -0.1) is 0 Å². The van der Waals surface area contributed by atoms with Gasteiger partial charge >= 0.3 is 0 Å². The average molecular weight is 398 g/mol. The second-order valence-corrected chi connectivity index (χ2v) is 7.12. The lowest BCUT2D eigenvalue weighted by Gasteiger charge is -2.24. The molecule has 1 aliphatic rings. The summed E-state index contributed by atoms with van der Waals surface area (Å²) in [6.45, 7) is 2.43. The van der Waals surface area contributed by atoms with Crippen molar-refractivity contribution in [3.05, 3.63) is 58.0 Å². The first-order valence-corrected chi connectivity index (χ1v) is 9.19. The molecule has 1 amide bonds. The molecule has 0 aromatic heterocycles. The Morgan fingerprint density at radius 3 is 2.77 bits per heavy atom. The maximum atomic E-state index is 14.2. The van der Waals surface area contributed by atoms with E-state index in [0.717, 1.165) is 19.2 Å². The number of rotatable bonds is 11. The molecule has 1 aromatic rings. The molecule has 4 nitrogen and oxygen atoms in total. The third kappa shape index (κ3) is 6.90. The number of benzene rings is 1. The Morgan fingerprint density at radius 2 is 2.12 bits per heavy atom. The minimum absolute atomic E-state index is 0.126. The normalized spacial score (nSPS) is 14.8. The van der Waals surface area contributed by atoms with Crippen molar-refractivity contribution in [3.8, 4) is 0 Å². The van der Waals surface area contributed by atoms with Gasteiger partial charge in [-0.2, -0.15) is 0 Å². The number of hydrogen-bond acceptors (Lipinski definition) is 3. The minimum Gasteiger partial charge on any atom is -0.320 e. The molecule has 0 saturated heterocycles. The average Bonchev–Trinajstić information content (AvgIpc) is 3.45. The van der Waals surface area contributed by atoms with Crippen molar-refractivity contribution in [2.45, 2.75) is 19.4 Å². The number of carbonyl (C=O) groups excluding carboxylic acids is 1. The Balaban J connectivity index is 1.97. The van der Waals surface area contributed by atoms with Crippen LogP contribution < -0.4 is 0 Å². The van der Waals surface area contributed by atoms with Gasteiger partial charge in [0.05, 0.1) is 10.1 Å². The van der Waals surface area contributed by atoms with Crippen LogP contribution >= 0.6 is 23.2 Å². The third-order valence-electron chi connectivity index (χ3n) is 4.12. The van der Waals surface area contributed by atoms with E-state index in [1.165, 1.54) is 29.9 Å². The van der Waals surface area contributed by atoms with Crippen molar-refractivity contribution in [1.29, 1.82) is 5.41 Å². The molecule has 0 atom stereocenters. The lowest BCUT2D eigenvalue weighted by atomic mass is 10.2. The molecule has 2 rings (SSSR count). The molecule has 0 spiro atoms. The van der Waals surface area contributed by atoms with E-state index < -0.39 is 0 Å². The number of allylic oxidation sites excluding steroid dienone is 3. The molecule has 1 aromatic carbocycles. The van der Waals surface area contributed by atoms with E-state index >= 15 is 0 Å². The number of amides is 1. The summed E-state index contributed by atoms with van der Waals surface area (Å²) in [6, 6.07) is 5.02. The van der Waals surface area contributed by atoms with Crippen molar-refractivity contribution in [1.82, 2.24) is 9.80 Å². The zero-order valence-corrected chi connectivity index (χ0v) is 15.9. The summed E-state index contributed by atoms with van der Waals surface area (Å²) in [5.41, 5.74) is 0.562. The highest BCUT2D eigenvalue weighted by molar-refractivity contribution is 6.39. The van der Waals surface area contributed by atoms with Crippen LogP contribution in [0.3, 0.4) is 0 Å². The number of nitrogens with one attached hydrogen (secondary N) is 1. The number of nitrogens with zero attached hydrogens (tertiary/aromatic N) is 2. The molecular weight excluding hydrogens is 376 g/mol. The van der Waals surface area contributed by atoms with E-state index in [2.05, 4.69) is 4.90 Å². The molecule has 0 bridgehead atoms. The predicted octanol–water partition coefficient (Wildman–Crippen LogP) is 4.44. The summed E-state index contributed by atoms with van der Waals surface area (Å²) in [7, 11) is 0.